The average molecular weight is 337 g/mol. The molecule has 0 aliphatic carbocycles. The van der Waals surface area contributed by atoms with Crippen LogP contribution in [-0.4, -0.2) is 24.9 Å². The maximum atomic E-state index is 12.8. The Balaban J connectivity index is 3.00. The van der Waals surface area contributed by atoms with Crippen molar-refractivity contribution in [1.29, 1.82) is 0 Å². The van der Waals surface area contributed by atoms with E-state index in [2.05, 4.69) is 5.32 Å². The average Bonchev–Trinajstić information content (AvgIpc) is 2.42. The summed E-state index contributed by atoms with van der Waals surface area (Å²) in [5.41, 5.74) is -0.925. The molecule has 122 valence electrons. The van der Waals surface area contributed by atoms with Gasteiger partial charge < -0.3 is 10.2 Å². The number of benzene rings is 1. The second-order valence-corrected chi connectivity index (χ2v) is 4.95. The summed E-state index contributed by atoms with van der Waals surface area (Å²) < 4.78 is 38.3. The van der Waals surface area contributed by atoms with Gasteiger partial charge in [0.15, 0.2) is 0 Å². The molecule has 0 spiro atoms. The first-order valence-electron chi connectivity index (χ1n) is 6.58. The number of halogens is 4. The lowest BCUT2D eigenvalue weighted by molar-refractivity contribution is -0.137. The van der Waals surface area contributed by atoms with Gasteiger partial charge in [-0.1, -0.05) is 18.5 Å². The molecule has 8 heteroatoms. The third-order valence-electron chi connectivity index (χ3n) is 2.92. The van der Waals surface area contributed by atoms with Crippen LogP contribution in [0.1, 0.15) is 25.8 Å². The lowest BCUT2D eigenvalue weighted by atomic mass is 10.1. The van der Waals surface area contributed by atoms with Gasteiger partial charge in [-0.3, -0.25) is 9.59 Å². The normalized spacial score (nSPS) is 11.2. The fourth-order valence-electron chi connectivity index (χ4n) is 1.78. The predicted octanol–water partition coefficient (Wildman–Crippen LogP) is 3.24. The molecule has 0 saturated heterocycles. The molecule has 4 nitrogen and oxygen atoms in total. The van der Waals surface area contributed by atoms with E-state index < -0.39 is 17.6 Å². The van der Waals surface area contributed by atoms with Crippen molar-refractivity contribution in [3.8, 4) is 0 Å². The number of hydrogen-bond donors (Lipinski definition) is 1. The molecule has 0 aromatic heterocycles. The van der Waals surface area contributed by atoms with Gasteiger partial charge in [0.05, 0.1) is 16.3 Å². The highest BCUT2D eigenvalue weighted by Gasteiger charge is 2.31. The number of nitrogens with one attached hydrogen (secondary N) is 1. The third-order valence-corrected chi connectivity index (χ3v) is 3.24. The van der Waals surface area contributed by atoms with E-state index in [4.69, 9.17) is 11.6 Å². The van der Waals surface area contributed by atoms with Gasteiger partial charge in [-0.05, 0) is 18.2 Å². The standard InChI is InChI=1S/C14H16ClF3N2O2/c1-3-13(22)19-6-7-20(9(2)21)12-8-10(14(16,17)18)4-5-11(12)15/h4-5,8H,3,6-7H2,1-2H3,(H,19,22). The van der Waals surface area contributed by atoms with Crippen LogP contribution in [0.25, 0.3) is 0 Å². The SMILES string of the molecule is CCC(=O)NCCN(C(C)=O)c1cc(C(F)(F)F)ccc1Cl. The molecule has 1 aromatic rings. The van der Waals surface area contributed by atoms with Crippen molar-refractivity contribution in [2.24, 2.45) is 0 Å². The number of carbonyl (C=O) groups excluding carboxylic acids is 2. The molecule has 1 rings (SSSR count). The van der Waals surface area contributed by atoms with Crippen molar-refractivity contribution >= 4 is 29.1 Å². The van der Waals surface area contributed by atoms with Crippen molar-refractivity contribution in [3.63, 3.8) is 0 Å². The van der Waals surface area contributed by atoms with Crippen LogP contribution in [0.2, 0.25) is 5.02 Å². The van der Waals surface area contributed by atoms with Gasteiger partial charge in [0.2, 0.25) is 11.8 Å². The molecule has 0 radical (unpaired) electrons. The Hall–Kier alpha value is -1.76. The van der Waals surface area contributed by atoms with E-state index in [0.717, 1.165) is 23.1 Å². The lowest BCUT2D eigenvalue weighted by Crippen LogP contribution is -2.37. The Morgan fingerprint density at radius 3 is 2.45 bits per heavy atom. The first kappa shape index (κ1) is 18.3. The van der Waals surface area contributed by atoms with Gasteiger partial charge in [-0.15, -0.1) is 0 Å². The van der Waals surface area contributed by atoms with Crippen LogP contribution in [-0.2, 0) is 15.8 Å². The predicted molar refractivity (Wildman–Crippen MR) is 77.8 cm³/mol. The topological polar surface area (TPSA) is 49.4 Å². The zero-order chi connectivity index (χ0) is 16.9. The Bertz CT molecular complexity index is 562. The highest BCUT2D eigenvalue weighted by Crippen LogP contribution is 2.35. The summed E-state index contributed by atoms with van der Waals surface area (Å²) in [6.07, 6.45) is -4.25. The fourth-order valence-corrected chi connectivity index (χ4v) is 2.00. The van der Waals surface area contributed by atoms with Crippen LogP contribution < -0.4 is 10.2 Å². The van der Waals surface area contributed by atoms with E-state index in [1.54, 1.807) is 6.92 Å². The molecule has 0 aliphatic rings. The van der Waals surface area contributed by atoms with E-state index in [9.17, 15) is 22.8 Å². The Labute approximate surface area is 131 Å². The Morgan fingerprint density at radius 2 is 1.95 bits per heavy atom. The number of nitrogens with zero attached hydrogens (tertiary/aromatic N) is 1. The summed E-state index contributed by atoms with van der Waals surface area (Å²) in [4.78, 5) is 23.9. The molecule has 1 N–H and O–H groups in total. The first-order chi connectivity index (χ1) is 10.2. The summed E-state index contributed by atoms with van der Waals surface area (Å²) in [5, 5.41) is 2.59. The number of amides is 2. The minimum absolute atomic E-state index is 0.0299. The molecule has 2 amide bonds. The summed E-state index contributed by atoms with van der Waals surface area (Å²) in [7, 11) is 0. The number of carbonyl (C=O) groups is 2. The monoisotopic (exact) mass is 336 g/mol. The van der Waals surface area contributed by atoms with Crippen molar-refractivity contribution in [2.45, 2.75) is 26.4 Å². The second kappa shape index (κ2) is 7.49. The van der Waals surface area contributed by atoms with Crippen LogP contribution in [0.3, 0.4) is 0 Å². The maximum absolute atomic E-state index is 12.8. The summed E-state index contributed by atoms with van der Waals surface area (Å²) in [6, 6.07) is 2.77. The third kappa shape index (κ3) is 4.91. The molecule has 1 aromatic carbocycles. The number of alkyl halides is 3. The van der Waals surface area contributed by atoms with E-state index >= 15 is 0 Å². The van der Waals surface area contributed by atoms with Gasteiger partial charge in [0.1, 0.15) is 0 Å². The highest BCUT2D eigenvalue weighted by molar-refractivity contribution is 6.33. The molecule has 0 heterocycles. The molecular weight excluding hydrogens is 321 g/mol. The Kier molecular flexibility index (Phi) is 6.22. The minimum Gasteiger partial charge on any atom is -0.354 e. The molecule has 22 heavy (non-hydrogen) atoms. The van der Waals surface area contributed by atoms with Crippen molar-refractivity contribution in [2.75, 3.05) is 18.0 Å². The second-order valence-electron chi connectivity index (χ2n) is 4.54. The van der Waals surface area contributed by atoms with E-state index in [0.29, 0.717) is 0 Å². The lowest BCUT2D eigenvalue weighted by Gasteiger charge is -2.23. The van der Waals surface area contributed by atoms with Crippen molar-refractivity contribution in [1.82, 2.24) is 5.32 Å². The van der Waals surface area contributed by atoms with Gasteiger partial charge >= 0.3 is 6.18 Å². The largest absolute Gasteiger partial charge is 0.416 e. The van der Waals surface area contributed by atoms with E-state index in [1.807, 2.05) is 0 Å². The molecule has 0 bridgehead atoms. The maximum Gasteiger partial charge on any atom is 0.416 e. The Morgan fingerprint density at radius 1 is 1.32 bits per heavy atom. The van der Waals surface area contributed by atoms with Crippen molar-refractivity contribution in [3.05, 3.63) is 28.8 Å². The van der Waals surface area contributed by atoms with Crippen LogP contribution in [0.4, 0.5) is 18.9 Å². The van der Waals surface area contributed by atoms with Gasteiger partial charge in [-0.2, -0.15) is 13.2 Å². The fraction of sp³-hybridized carbons (Fsp3) is 0.429. The molecule has 0 unspecified atom stereocenters. The van der Waals surface area contributed by atoms with Crippen LogP contribution in [0, 0.1) is 0 Å². The molecule has 0 aliphatic heterocycles. The van der Waals surface area contributed by atoms with Gasteiger partial charge in [0, 0.05) is 26.4 Å². The number of hydrogen-bond acceptors (Lipinski definition) is 2. The van der Waals surface area contributed by atoms with Crippen LogP contribution >= 0.6 is 11.6 Å². The molecule has 0 atom stereocenters. The smallest absolute Gasteiger partial charge is 0.354 e. The van der Waals surface area contributed by atoms with Crippen LogP contribution in [0.5, 0.6) is 0 Å². The highest BCUT2D eigenvalue weighted by atomic mass is 35.5. The number of anilines is 1. The summed E-state index contributed by atoms with van der Waals surface area (Å²) >= 11 is 5.91. The minimum atomic E-state index is -4.53. The molecule has 0 saturated carbocycles. The van der Waals surface area contributed by atoms with Crippen molar-refractivity contribution < 1.29 is 22.8 Å². The summed E-state index contributed by atoms with van der Waals surface area (Å²) in [5.74, 6) is -0.675. The van der Waals surface area contributed by atoms with Crippen LogP contribution in [0.15, 0.2) is 18.2 Å². The zero-order valence-electron chi connectivity index (χ0n) is 12.1. The molecule has 0 fully saturated rings. The first-order valence-corrected chi connectivity index (χ1v) is 6.96. The summed E-state index contributed by atoms with van der Waals surface area (Å²) in [6.45, 7) is 3.04. The van der Waals surface area contributed by atoms with Gasteiger partial charge in [0.25, 0.3) is 0 Å². The van der Waals surface area contributed by atoms with E-state index in [1.165, 1.54) is 6.92 Å². The van der Waals surface area contributed by atoms with Gasteiger partial charge in [-0.25, -0.2) is 0 Å². The zero-order valence-corrected chi connectivity index (χ0v) is 12.9. The molecular formula is C14H16ClF3N2O2. The van der Waals surface area contributed by atoms with E-state index in [-0.39, 0.29) is 36.1 Å². The quantitative estimate of drug-likeness (QED) is 0.897. The number of rotatable bonds is 5.